The highest BCUT2D eigenvalue weighted by Gasteiger charge is 2.00. The van der Waals surface area contributed by atoms with E-state index in [0.29, 0.717) is 0 Å². The topological polar surface area (TPSA) is 29.4 Å². The molecule has 6 heteroatoms. The van der Waals surface area contributed by atoms with Gasteiger partial charge in [0.1, 0.15) is 0 Å². The first-order chi connectivity index (χ1) is 5.47. The van der Waals surface area contributed by atoms with Gasteiger partial charge in [-0.1, -0.05) is 23.7 Å². The van der Waals surface area contributed by atoms with Gasteiger partial charge in [0, 0.05) is 4.47 Å². The molecule has 0 aliphatic heterocycles. The summed E-state index contributed by atoms with van der Waals surface area (Å²) < 4.78 is 37.1. The summed E-state index contributed by atoms with van der Waals surface area (Å²) in [5, 5.41) is 0. The number of benzene rings is 1. The molecule has 1 rings (SSSR count). The van der Waals surface area contributed by atoms with Gasteiger partial charge in [0.25, 0.3) is 0 Å². The molecular formula is C6H4BrF2NOS. The second kappa shape index (κ2) is 3.49. The van der Waals surface area contributed by atoms with Crippen LogP contribution in [-0.2, 0) is 10.5 Å². The summed E-state index contributed by atoms with van der Waals surface area (Å²) in [5.74, 6) is 0. The van der Waals surface area contributed by atoms with Crippen molar-refractivity contribution in [1.29, 1.82) is 0 Å². The van der Waals surface area contributed by atoms with E-state index in [1.54, 1.807) is 12.1 Å². The van der Waals surface area contributed by atoms with E-state index in [9.17, 15) is 12.0 Å². The summed E-state index contributed by atoms with van der Waals surface area (Å²) in [6.45, 7) is 0. The van der Waals surface area contributed by atoms with Crippen molar-refractivity contribution in [3.05, 3.63) is 28.7 Å². The molecule has 0 N–H and O–H groups in total. The number of hydrogen-bond donors (Lipinski definition) is 0. The van der Waals surface area contributed by atoms with Gasteiger partial charge in [-0.3, -0.25) is 0 Å². The van der Waals surface area contributed by atoms with Crippen LogP contribution in [0, 0.1) is 0 Å². The molecule has 0 bridgehead atoms. The summed E-state index contributed by atoms with van der Waals surface area (Å²) >= 11 is 3.12. The average molecular weight is 256 g/mol. The first kappa shape index (κ1) is 9.60. The molecule has 0 heterocycles. The van der Waals surface area contributed by atoms with E-state index >= 15 is 0 Å². The molecule has 0 radical (unpaired) electrons. The molecule has 0 saturated carbocycles. The maximum atomic E-state index is 11.9. The van der Waals surface area contributed by atoms with Gasteiger partial charge >= 0.3 is 10.5 Å². The fourth-order valence-electron chi connectivity index (χ4n) is 0.625. The lowest BCUT2D eigenvalue weighted by molar-refractivity contribution is 0.588. The van der Waals surface area contributed by atoms with Gasteiger partial charge in [0.2, 0.25) is 0 Å². The highest BCUT2D eigenvalue weighted by molar-refractivity contribution is 9.10. The van der Waals surface area contributed by atoms with Crippen LogP contribution in [0.25, 0.3) is 0 Å². The van der Waals surface area contributed by atoms with Gasteiger partial charge in [-0.15, -0.1) is 4.36 Å². The molecule has 66 valence electrons. The first-order valence-electron chi connectivity index (χ1n) is 2.89. The molecule has 0 saturated heterocycles. The van der Waals surface area contributed by atoms with Crippen LogP contribution in [0.4, 0.5) is 13.5 Å². The first-order valence-corrected chi connectivity index (χ1v) is 5.00. The van der Waals surface area contributed by atoms with Gasteiger partial charge in [-0.05, 0) is 24.3 Å². The van der Waals surface area contributed by atoms with E-state index < -0.39 is 10.5 Å². The van der Waals surface area contributed by atoms with Gasteiger partial charge in [-0.25, -0.2) is 0 Å². The van der Waals surface area contributed by atoms with Crippen molar-refractivity contribution in [1.82, 2.24) is 0 Å². The average Bonchev–Trinajstić information content (AvgIpc) is 1.91. The predicted octanol–water partition coefficient (Wildman–Crippen LogP) is 3.32. The maximum absolute atomic E-state index is 11.9. The lowest BCUT2D eigenvalue weighted by Crippen LogP contribution is -1.75. The van der Waals surface area contributed by atoms with Crippen molar-refractivity contribution in [3.8, 4) is 0 Å². The molecule has 0 atom stereocenters. The fourth-order valence-corrected chi connectivity index (χ4v) is 1.26. The predicted molar refractivity (Wildman–Crippen MR) is 46.6 cm³/mol. The zero-order valence-electron chi connectivity index (χ0n) is 5.71. The van der Waals surface area contributed by atoms with Crippen LogP contribution in [-0.4, -0.2) is 4.21 Å². The van der Waals surface area contributed by atoms with Gasteiger partial charge in [-0.2, -0.15) is 4.21 Å². The molecule has 0 amide bonds. The number of rotatable bonds is 1. The molecule has 0 aromatic heterocycles. The van der Waals surface area contributed by atoms with Gasteiger partial charge in [0.05, 0.1) is 5.69 Å². The molecule has 1 aromatic carbocycles. The van der Waals surface area contributed by atoms with Crippen molar-refractivity contribution in [2.24, 2.45) is 4.36 Å². The Morgan fingerprint density at radius 2 is 1.75 bits per heavy atom. The summed E-state index contributed by atoms with van der Waals surface area (Å²) in [7, 11) is -5.03. The second-order valence-electron chi connectivity index (χ2n) is 1.96. The van der Waals surface area contributed by atoms with Crippen molar-refractivity contribution >= 4 is 32.1 Å². The monoisotopic (exact) mass is 255 g/mol. The number of halogens is 3. The molecule has 0 unspecified atom stereocenters. The third-order valence-electron chi connectivity index (χ3n) is 1.04. The molecule has 0 fully saturated rings. The van der Waals surface area contributed by atoms with E-state index in [-0.39, 0.29) is 5.69 Å². The molecule has 2 nitrogen and oxygen atoms in total. The highest BCUT2D eigenvalue weighted by Crippen LogP contribution is 2.19. The highest BCUT2D eigenvalue weighted by atomic mass is 79.9. The minimum absolute atomic E-state index is 0.00759. The Labute approximate surface area is 77.5 Å². The van der Waals surface area contributed by atoms with Crippen LogP contribution in [0.1, 0.15) is 0 Å². The Kier molecular flexibility index (Phi) is 2.79. The second-order valence-corrected chi connectivity index (χ2v) is 3.86. The van der Waals surface area contributed by atoms with Crippen LogP contribution >= 0.6 is 15.9 Å². The summed E-state index contributed by atoms with van der Waals surface area (Å²) in [4.78, 5) is 0. The van der Waals surface area contributed by atoms with Crippen molar-refractivity contribution in [2.45, 2.75) is 0 Å². The molecule has 0 aliphatic carbocycles. The molecular weight excluding hydrogens is 252 g/mol. The smallest absolute Gasteiger partial charge is 0.180 e. The third kappa shape index (κ3) is 3.27. The van der Waals surface area contributed by atoms with Gasteiger partial charge in [0.15, 0.2) is 0 Å². The summed E-state index contributed by atoms with van der Waals surface area (Å²) in [6.07, 6.45) is 0. The standard InChI is InChI=1S/C6H4BrF2NOS/c7-5-1-3-6(4-2-5)10-12(8,9)11/h1-4H. The third-order valence-corrected chi connectivity index (χ3v) is 1.99. The van der Waals surface area contributed by atoms with Crippen molar-refractivity contribution < 1.29 is 12.0 Å². The minimum Gasteiger partial charge on any atom is -0.180 e. The van der Waals surface area contributed by atoms with Crippen molar-refractivity contribution in [2.75, 3.05) is 0 Å². The van der Waals surface area contributed by atoms with Crippen LogP contribution < -0.4 is 0 Å². The minimum atomic E-state index is -5.03. The van der Waals surface area contributed by atoms with Crippen LogP contribution in [0.15, 0.2) is 33.1 Å². The van der Waals surface area contributed by atoms with Crippen LogP contribution in [0.3, 0.4) is 0 Å². The lowest BCUT2D eigenvalue weighted by atomic mass is 10.3. The Morgan fingerprint density at radius 1 is 1.25 bits per heavy atom. The normalized spacial score (nSPS) is 11.2. The van der Waals surface area contributed by atoms with Crippen LogP contribution in [0.5, 0.6) is 0 Å². The van der Waals surface area contributed by atoms with E-state index in [0.717, 1.165) is 4.47 Å². The zero-order valence-corrected chi connectivity index (χ0v) is 8.11. The largest absolute Gasteiger partial charge is 0.371 e. The Hall–Kier alpha value is -0.490. The Morgan fingerprint density at radius 3 is 2.17 bits per heavy atom. The van der Waals surface area contributed by atoms with E-state index in [4.69, 9.17) is 0 Å². The van der Waals surface area contributed by atoms with Crippen LogP contribution in [0.2, 0.25) is 0 Å². The lowest BCUT2D eigenvalue weighted by Gasteiger charge is -1.91. The Bertz CT molecular complexity index is 375. The zero-order chi connectivity index (χ0) is 9.19. The molecule has 0 spiro atoms. The van der Waals surface area contributed by atoms with E-state index in [1.807, 2.05) is 0 Å². The molecule has 0 aliphatic rings. The van der Waals surface area contributed by atoms with E-state index in [1.165, 1.54) is 12.1 Å². The molecule has 12 heavy (non-hydrogen) atoms. The SMILES string of the molecule is O=S(F)(F)=Nc1ccc(Br)cc1. The fraction of sp³-hybridized carbons (Fsp3) is 0. The Balaban J connectivity index is 3.08. The quantitative estimate of drug-likeness (QED) is 0.708. The van der Waals surface area contributed by atoms with Gasteiger partial charge < -0.3 is 0 Å². The maximum Gasteiger partial charge on any atom is 0.371 e. The van der Waals surface area contributed by atoms with Crippen molar-refractivity contribution in [3.63, 3.8) is 0 Å². The molecule has 1 aromatic rings. The number of hydrogen-bond acceptors (Lipinski definition) is 2. The summed E-state index contributed by atoms with van der Waals surface area (Å²) in [5.41, 5.74) is 0.00759. The van der Waals surface area contributed by atoms with E-state index in [2.05, 4.69) is 20.3 Å². The summed E-state index contributed by atoms with van der Waals surface area (Å²) in [6, 6.07) is 5.79. The number of nitrogens with zero attached hydrogens (tertiary/aromatic N) is 1.